The van der Waals surface area contributed by atoms with Gasteiger partial charge in [-0.2, -0.15) is 5.10 Å². The Labute approximate surface area is 181 Å². The molecule has 3 N–H and O–H groups in total. The van der Waals surface area contributed by atoms with Gasteiger partial charge in [0.15, 0.2) is 5.96 Å². The van der Waals surface area contributed by atoms with E-state index in [0.29, 0.717) is 19.0 Å². The van der Waals surface area contributed by atoms with Crippen LogP contribution in [0.4, 0.5) is 5.69 Å². The van der Waals surface area contributed by atoms with Gasteiger partial charge in [-0.15, -0.1) is 0 Å². The number of nitrogens with one attached hydrogen (secondary N) is 3. The predicted molar refractivity (Wildman–Crippen MR) is 121 cm³/mol. The maximum atomic E-state index is 12.1. The van der Waals surface area contributed by atoms with Crippen molar-refractivity contribution >= 4 is 29.2 Å². The van der Waals surface area contributed by atoms with Crippen molar-refractivity contribution in [2.24, 2.45) is 4.99 Å². The molecule has 8 heteroatoms. The average Bonchev–Trinajstić information content (AvgIpc) is 3.25. The van der Waals surface area contributed by atoms with Crippen LogP contribution in [0.15, 0.2) is 72.0 Å². The van der Waals surface area contributed by atoms with Crippen molar-refractivity contribution in [3.63, 3.8) is 0 Å². The zero-order chi connectivity index (χ0) is 21.2. The van der Waals surface area contributed by atoms with Crippen LogP contribution < -0.4 is 16.0 Å². The maximum Gasteiger partial charge on any atom is 0.246 e. The largest absolute Gasteiger partial charge is 0.356 e. The van der Waals surface area contributed by atoms with E-state index in [4.69, 9.17) is 11.6 Å². The van der Waals surface area contributed by atoms with E-state index in [9.17, 15) is 4.79 Å². The van der Waals surface area contributed by atoms with Gasteiger partial charge >= 0.3 is 0 Å². The number of guanidine groups is 1. The van der Waals surface area contributed by atoms with Crippen LogP contribution in [0.25, 0.3) is 0 Å². The second-order valence-electron chi connectivity index (χ2n) is 6.65. The Morgan fingerprint density at radius 1 is 1.13 bits per heavy atom. The van der Waals surface area contributed by atoms with Crippen molar-refractivity contribution in [1.29, 1.82) is 0 Å². The number of anilines is 1. The normalized spacial score (nSPS) is 11.2. The van der Waals surface area contributed by atoms with Crippen molar-refractivity contribution in [2.75, 3.05) is 18.9 Å². The summed E-state index contributed by atoms with van der Waals surface area (Å²) in [7, 11) is 1.73. The molecular formula is C22H25ClN6O. The summed E-state index contributed by atoms with van der Waals surface area (Å²) in [4.78, 5) is 16.4. The lowest BCUT2D eigenvalue weighted by atomic mass is 10.1. The Kier molecular flexibility index (Phi) is 7.86. The first-order chi connectivity index (χ1) is 14.6. The highest BCUT2D eigenvalue weighted by molar-refractivity contribution is 6.31. The van der Waals surface area contributed by atoms with Gasteiger partial charge in [0.2, 0.25) is 5.91 Å². The Hall–Kier alpha value is -3.32. The standard InChI is InChI=1S/C22H25ClN6O/c1-24-22(25-12-10-18-7-2-3-9-20(18)23)26-15-17-6-4-8-19(14-17)28-21(30)16-29-13-5-11-27-29/h2-9,11,13-14H,10,12,15-16H2,1H3,(H,28,30)(H2,24,25,26). The maximum absolute atomic E-state index is 12.1. The lowest BCUT2D eigenvalue weighted by Gasteiger charge is -2.13. The molecule has 0 aliphatic carbocycles. The topological polar surface area (TPSA) is 83.3 Å². The molecule has 3 rings (SSSR count). The van der Waals surface area contributed by atoms with Gasteiger partial charge in [-0.05, 0) is 41.8 Å². The fourth-order valence-electron chi connectivity index (χ4n) is 2.92. The van der Waals surface area contributed by atoms with Crippen LogP contribution in [0.5, 0.6) is 0 Å². The lowest BCUT2D eigenvalue weighted by molar-refractivity contribution is -0.116. The minimum atomic E-state index is -0.124. The third-order valence-electron chi connectivity index (χ3n) is 4.40. The van der Waals surface area contributed by atoms with Gasteiger partial charge < -0.3 is 16.0 Å². The van der Waals surface area contributed by atoms with E-state index in [1.54, 1.807) is 30.2 Å². The van der Waals surface area contributed by atoms with Crippen molar-refractivity contribution in [2.45, 2.75) is 19.5 Å². The van der Waals surface area contributed by atoms with Crippen molar-refractivity contribution < 1.29 is 4.79 Å². The lowest BCUT2D eigenvalue weighted by Crippen LogP contribution is -2.37. The molecule has 1 aromatic heterocycles. The van der Waals surface area contributed by atoms with E-state index in [0.717, 1.165) is 28.3 Å². The third-order valence-corrected chi connectivity index (χ3v) is 4.77. The van der Waals surface area contributed by atoms with Crippen LogP contribution in [0, 0.1) is 0 Å². The minimum absolute atomic E-state index is 0.124. The Morgan fingerprint density at radius 2 is 2.00 bits per heavy atom. The summed E-state index contributed by atoms with van der Waals surface area (Å²) in [5.74, 6) is 0.580. The summed E-state index contributed by atoms with van der Waals surface area (Å²) in [6.07, 6.45) is 4.21. The molecule has 156 valence electrons. The molecule has 7 nitrogen and oxygen atoms in total. The molecule has 0 aliphatic rings. The van der Waals surface area contributed by atoms with Crippen molar-refractivity contribution in [3.8, 4) is 0 Å². The van der Waals surface area contributed by atoms with Gasteiger partial charge in [0, 0.05) is 43.2 Å². The molecule has 0 saturated heterocycles. The molecule has 1 amide bonds. The average molecular weight is 425 g/mol. The summed E-state index contributed by atoms with van der Waals surface area (Å²) in [6.45, 7) is 1.47. The van der Waals surface area contributed by atoms with Gasteiger partial charge in [0.1, 0.15) is 6.54 Å². The van der Waals surface area contributed by atoms with Gasteiger partial charge in [-0.25, -0.2) is 0 Å². The number of rotatable bonds is 8. The molecule has 0 saturated carbocycles. The molecule has 0 spiro atoms. The number of halogens is 1. The fourth-order valence-corrected chi connectivity index (χ4v) is 3.15. The highest BCUT2D eigenvalue weighted by Crippen LogP contribution is 2.15. The third kappa shape index (κ3) is 6.63. The number of benzene rings is 2. The molecule has 0 radical (unpaired) electrons. The monoisotopic (exact) mass is 424 g/mol. The summed E-state index contributed by atoms with van der Waals surface area (Å²) in [5.41, 5.74) is 2.87. The van der Waals surface area contributed by atoms with E-state index in [1.807, 2.05) is 48.5 Å². The Morgan fingerprint density at radius 3 is 2.77 bits per heavy atom. The quantitative estimate of drug-likeness (QED) is 0.383. The zero-order valence-electron chi connectivity index (χ0n) is 16.8. The molecule has 3 aromatic rings. The number of aromatic nitrogens is 2. The first-order valence-corrected chi connectivity index (χ1v) is 10.1. The van der Waals surface area contributed by atoms with Crippen LogP contribution >= 0.6 is 11.6 Å². The van der Waals surface area contributed by atoms with Gasteiger partial charge in [-0.1, -0.05) is 41.9 Å². The number of nitrogens with zero attached hydrogens (tertiary/aromatic N) is 3. The van der Waals surface area contributed by atoms with E-state index >= 15 is 0 Å². The molecule has 0 unspecified atom stereocenters. The highest BCUT2D eigenvalue weighted by Gasteiger charge is 2.05. The first kappa shape index (κ1) is 21.4. The molecule has 0 fully saturated rings. The van der Waals surface area contributed by atoms with Crippen molar-refractivity contribution in [1.82, 2.24) is 20.4 Å². The fraction of sp³-hybridized carbons (Fsp3) is 0.227. The van der Waals surface area contributed by atoms with Gasteiger partial charge in [-0.3, -0.25) is 14.5 Å². The van der Waals surface area contributed by atoms with E-state index < -0.39 is 0 Å². The number of aliphatic imine (C=N–C) groups is 1. The number of hydrogen-bond acceptors (Lipinski definition) is 3. The summed E-state index contributed by atoms with van der Waals surface area (Å²) in [6, 6.07) is 17.3. The summed E-state index contributed by atoms with van der Waals surface area (Å²) >= 11 is 6.20. The van der Waals surface area contributed by atoms with Crippen LogP contribution in [0.1, 0.15) is 11.1 Å². The zero-order valence-corrected chi connectivity index (χ0v) is 17.6. The van der Waals surface area contributed by atoms with Crippen LogP contribution in [-0.4, -0.2) is 35.2 Å². The van der Waals surface area contributed by atoms with Gasteiger partial charge in [0.05, 0.1) is 0 Å². The number of carbonyl (C=O) groups is 1. The molecule has 0 aliphatic heterocycles. The summed E-state index contributed by atoms with van der Waals surface area (Å²) in [5, 5.41) is 14.3. The smallest absolute Gasteiger partial charge is 0.246 e. The minimum Gasteiger partial charge on any atom is -0.356 e. The molecule has 0 atom stereocenters. The number of amides is 1. The SMILES string of the molecule is CN=C(NCCc1ccccc1Cl)NCc1cccc(NC(=O)Cn2cccn2)c1. The van der Waals surface area contributed by atoms with Crippen LogP contribution in [0.2, 0.25) is 5.02 Å². The number of carbonyl (C=O) groups excluding carboxylic acids is 1. The number of hydrogen-bond donors (Lipinski definition) is 3. The van der Waals surface area contributed by atoms with Crippen LogP contribution in [0.3, 0.4) is 0 Å². The van der Waals surface area contributed by atoms with Crippen molar-refractivity contribution in [3.05, 3.63) is 83.1 Å². The van der Waals surface area contributed by atoms with E-state index in [-0.39, 0.29) is 12.5 Å². The van der Waals surface area contributed by atoms with Gasteiger partial charge in [0.25, 0.3) is 0 Å². The van der Waals surface area contributed by atoms with E-state index in [1.165, 1.54) is 0 Å². The molecule has 30 heavy (non-hydrogen) atoms. The summed E-state index contributed by atoms with van der Waals surface area (Å²) < 4.78 is 1.58. The molecular weight excluding hydrogens is 400 g/mol. The molecule has 0 bridgehead atoms. The Balaban J connectivity index is 1.46. The Bertz CT molecular complexity index is 987. The second kappa shape index (κ2) is 11.0. The van der Waals surface area contributed by atoms with E-state index in [2.05, 4.69) is 26.0 Å². The molecule has 1 heterocycles. The predicted octanol–water partition coefficient (Wildman–Crippen LogP) is 3.08. The molecule has 2 aromatic carbocycles. The van der Waals surface area contributed by atoms with Crippen LogP contribution in [-0.2, 0) is 24.3 Å². The second-order valence-corrected chi connectivity index (χ2v) is 7.05. The highest BCUT2D eigenvalue weighted by atomic mass is 35.5. The first-order valence-electron chi connectivity index (χ1n) is 9.68.